The van der Waals surface area contributed by atoms with Crippen molar-refractivity contribution in [3.05, 3.63) is 70.3 Å². The summed E-state index contributed by atoms with van der Waals surface area (Å²) < 4.78 is 0. The van der Waals surface area contributed by atoms with Gasteiger partial charge < -0.3 is 0 Å². The number of halogens is 1. The maximum Gasteiger partial charge on any atom is 0.0644 e. The van der Waals surface area contributed by atoms with E-state index in [9.17, 15) is 0 Å². The summed E-state index contributed by atoms with van der Waals surface area (Å²) in [6, 6.07) is 15.7. The number of alkyl halides is 1. The van der Waals surface area contributed by atoms with E-state index in [1.54, 1.807) is 0 Å². The van der Waals surface area contributed by atoms with Gasteiger partial charge in [-0.05, 0) is 53.5 Å². The minimum atomic E-state index is 0.251. The van der Waals surface area contributed by atoms with Crippen LogP contribution in [0.2, 0.25) is 0 Å². The molecule has 2 aromatic rings. The number of rotatable bonds is 4. The Morgan fingerprint density at radius 2 is 1.48 bits per heavy atom. The van der Waals surface area contributed by atoms with Gasteiger partial charge in [-0.2, -0.15) is 0 Å². The largest absolute Gasteiger partial charge is 0.0786 e. The lowest BCUT2D eigenvalue weighted by molar-refractivity contribution is 0.506. The van der Waals surface area contributed by atoms with E-state index in [1.165, 1.54) is 27.8 Å². The summed E-state index contributed by atoms with van der Waals surface area (Å²) in [5.41, 5.74) is 6.99. The Bertz CT molecular complexity index is 608. The quantitative estimate of drug-likeness (QED) is 0.557. The lowest BCUT2D eigenvalue weighted by Gasteiger charge is -2.24. The molecule has 1 unspecified atom stereocenters. The number of hydrogen-bond donors (Lipinski definition) is 0. The van der Waals surface area contributed by atoms with Gasteiger partial charge in [0.2, 0.25) is 0 Å². The molecule has 0 aliphatic carbocycles. The van der Waals surface area contributed by atoms with Gasteiger partial charge in [0.1, 0.15) is 0 Å². The first kappa shape index (κ1) is 16.3. The molecule has 0 spiro atoms. The first-order valence-corrected chi connectivity index (χ1v) is 8.58. The zero-order chi connectivity index (χ0) is 15.6. The summed E-state index contributed by atoms with van der Waals surface area (Å²) in [6.07, 6.45) is 1.15. The van der Waals surface area contributed by atoms with Crippen LogP contribution in [0, 0.1) is 13.8 Å². The molecule has 0 saturated heterocycles. The van der Waals surface area contributed by atoms with Gasteiger partial charge in [-0.3, -0.25) is 0 Å². The van der Waals surface area contributed by atoms with Crippen LogP contribution in [0.1, 0.15) is 59.8 Å². The first-order chi connectivity index (χ1) is 9.85. The highest BCUT2D eigenvalue weighted by Gasteiger charge is 2.18. The molecule has 2 aromatic carbocycles. The highest BCUT2D eigenvalue weighted by Crippen LogP contribution is 2.34. The van der Waals surface area contributed by atoms with Gasteiger partial charge in [0, 0.05) is 0 Å². The second kappa shape index (κ2) is 6.36. The van der Waals surface area contributed by atoms with E-state index in [4.69, 9.17) is 0 Å². The van der Waals surface area contributed by atoms with Crippen LogP contribution in [0.25, 0.3) is 0 Å². The van der Waals surface area contributed by atoms with Gasteiger partial charge in [0.25, 0.3) is 0 Å². The SMILES string of the molecule is CCC(C)(C)c1ccc(C(Br)c2ccc(C)c(C)c2)cc1. The average molecular weight is 345 g/mol. The van der Waals surface area contributed by atoms with Gasteiger partial charge in [-0.25, -0.2) is 0 Å². The fourth-order valence-electron chi connectivity index (χ4n) is 2.42. The Kier molecular flexibility index (Phi) is 4.93. The summed E-state index contributed by atoms with van der Waals surface area (Å²) >= 11 is 3.84. The lowest BCUT2D eigenvalue weighted by atomic mass is 9.82. The van der Waals surface area contributed by atoms with Gasteiger partial charge in [-0.15, -0.1) is 0 Å². The van der Waals surface area contributed by atoms with E-state index in [1.807, 2.05) is 0 Å². The summed E-state index contributed by atoms with van der Waals surface area (Å²) in [6.45, 7) is 11.2. The van der Waals surface area contributed by atoms with E-state index in [0.29, 0.717) is 0 Å². The zero-order valence-electron chi connectivity index (χ0n) is 13.7. The number of benzene rings is 2. The molecule has 0 N–H and O–H groups in total. The fourth-order valence-corrected chi connectivity index (χ4v) is 3.01. The molecule has 0 aliphatic heterocycles. The van der Waals surface area contributed by atoms with Gasteiger partial charge in [-0.1, -0.05) is 79.2 Å². The second-order valence-electron chi connectivity index (χ2n) is 6.57. The van der Waals surface area contributed by atoms with Crippen LogP contribution in [-0.4, -0.2) is 0 Å². The van der Waals surface area contributed by atoms with Crippen molar-refractivity contribution in [1.82, 2.24) is 0 Å². The summed E-state index contributed by atoms with van der Waals surface area (Å²) in [5, 5.41) is 0. The van der Waals surface area contributed by atoms with Gasteiger partial charge in [0.05, 0.1) is 4.83 Å². The predicted octanol–water partition coefficient (Wildman–Crippen LogP) is 6.48. The van der Waals surface area contributed by atoms with Crippen molar-refractivity contribution >= 4 is 15.9 Å². The standard InChI is InChI=1S/C20H25Br/c1-6-20(4,5)18-11-9-16(10-12-18)19(21)17-8-7-14(2)15(3)13-17/h7-13,19H,6H2,1-5H3. The summed E-state index contributed by atoms with van der Waals surface area (Å²) in [7, 11) is 0. The highest BCUT2D eigenvalue weighted by atomic mass is 79.9. The van der Waals surface area contributed by atoms with Crippen LogP contribution in [0.3, 0.4) is 0 Å². The van der Waals surface area contributed by atoms with Crippen molar-refractivity contribution in [3.8, 4) is 0 Å². The number of aryl methyl sites for hydroxylation is 2. The van der Waals surface area contributed by atoms with E-state index in [-0.39, 0.29) is 10.2 Å². The molecule has 1 heteroatoms. The smallest absolute Gasteiger partial charge is 0.0644 e. The first-order valence-electron chi connectivity index (χ1n) is 7.67. The van der Waals surface area contributed by atoms with Crippen molar-refractivity contribution in [2.75, 3.05) is 0 Å². The molecule has 112 valence electrons. The van der Waals surface area contributed by atoms with E-state index in [0.717, 1.165) is 6.42 Å². The predicted molar refractivity (Wildman–Crippen MR) is 96.4 cm³/mol. The Morgan fingerprint density at radius 1 is 0.905 bits per heavy atom. The third-order valence-corrected chi connectivity index (χ3v) is 5.75. The molecule has 0 fully saturated rings. The molecular weight excluding hydrogens is 320 g/mol. The molecule has 0 aromatic heterocycles. The molecule has 0 amide bonds. The van der Waals surface area contributed by atoms with Crippen LogP contribution in [0.15, 0.2) is 42.5 Å². The number of hydrogen-bond acceptors (Lipinski definition) is 0. The fraction of sp³-hybridized carbons (Fsp3) is 0.400. The Morgan fingerprint density at radius 3 is 2.00 bits per heavy atom. The molecule has 21 heavy (non-hydrogen) atoms. The van der Waals surface area contributed by atoms with E-state index in [2.05, 4.69) is 93.0 Å². The van der Waals surface area contributed by atoms with Gasteiger partial charge in [0.15, 0.2) is 0 Å². The maximum absolute atomic E-state index is 3.84. The van der Waals surface area contributed by atoms with E-state index >= 15 is 0 Å². The zero-order valence-corrected chi connectivity index (χ0v) is 15.3. The lowest BCUT2D eigenvalue weighted by Crippen LogP contribution is -2.15. The molecule has 0 heterocycles. The van der Waals surface area contributed by atoms with Crippen molar-refractivity contribution in [2.45, 2.75) is 51.3 Å². The molecule has 0 aliphatic rings. The second-order valence-corrected chi connectivity index (χ2v) is 7.48. The highest BCUT2D eigenvalue weighted by molar-refractivity contribution is 9.09. The van der Waals surface area contributed by atoms with Crippen LogP contribution < -0.4 is 0 Å². The van der Waals surface area contributed by atoms with Crippen molar-refractivity contribution in [2.24, 2.45) is 0 Å². The molecule has 2 rings (SSSR count). The van der Waals surface area contributed by atoms with Crippen molar-refractivity contribution in [1.29, 1.82) is 0 Å². The monoisotopic (exact) mass is 344 g/mol. The van der Waals surface area contributed by atoms with Gasteiger partial charge >= 0.3 is 0 Å². The van der Waals surface area contributed by atoms with Crippen LogP contribution in [-0.2, 0) is 5.41 Å². The molecule has 0 bridgehead atoms. The van der Waals surface area contributed by atoms with Crippen LogP contribution >= 0.6 is 15.9 Å². The molecule has 1 atom stereocenters. The Labute approximate surface area is 137 Å². The molecule has 0 radical (unpaired) electrons. The maximum atomic E-state index is 3.84. The van der Waals surface area contributed by atoms with Crippen molar-refractivity contribution < 1.29 is 0 Å². The van der Waals surface area contributed by atoms with E-state index < -0.39 is 0 Å². The van der Waals surface area contributed by atoms with Crippen molar-refractivity contribution in [3.63, 3.8) is 0 Å². The Hall–Kier alpha value is -1.08. The third-order valence-electron chi connectivity index (χ3n) is 4.69. The van der Waals surface area contributed by atoms with Crippen LogP contribution in [0.4, 0.5) is 0 Å². The van der Waals surface area contributed by atoms with Crippen LogP contribution in [0.5, 0.6) is 0 Å². The normalized spacial score (nSPS) is 13.2. The minimum Gasteiger partial charge on any atom is -0.0786 e. The summed E-state index contributed by atoms with van der Waals surface area (Å²) in [5.74, 6) is 0. The topological polar surface area (TPSA) is 0 Å². The molecule has 0 nitrogen and oxygen atoms in total. The third kappa shape index (κ3) is 3.58. The average Bonchev–Trinajstić information content (AvgIpc) is 2.49. The minimum absolute atomic E-state index is 0.251. The molecule has 0 saturated carbocycles. The Balaban J connectivity index is 2.27. The summed E-state index contributed by atoms with van der Waals surface area (Å²) in [4.78, 5) is 0.260. The molecular formula is C20H25Br.